The predicted octanol–water partition coefficient (Wildman–Crippen LogP) is 4.10. The zero-order valence-electron chi connectivity index (χ0n) is 14.2. The molecule has 0 N–H and O–H groups in total. The van der Waals surface area contributed by atoms with Crippen molar-refractivity contribution < 1.29 is 17.2 Å². The maximum atomic E-state index is 12.9. The average molecular weight is 413 g/mol. The Morgan fingerprint density at radius 1 is 1.08 bits per heavy atom. The number of hydrogen-bond acceptors (Lipinski definition) is 6. The molecule has 0 radical (unpaired) electrons. The summed E-state index contributed by atoms with van der Waals surface area (Å²) >= 11 is 3.08. The van der Waals surface area contributed by atoms with Crippen LogP contribution >= 0.6 is 23.5 Å². The fourth-order valence-corrected chi connectivity index (χ4v) is 4.78. The van der Waals surface area contributed by atoms with Gasteiger partial charge in [0.2, 0.25) is 10.0 Å². The Hall–Kier alpha value is -1.55. The molecule has 26 heavy (non-hydrogen) atoms. The van der Waals surface area contributed by atoms with Crippen LogP contribution in [0.15, 0.2) is 61.9 Å². The van der Waals surface area contributed by atoms with E-state index >= 15 is 0 Å². The zero-order chi connectivity index (χ0) is 18.7. The van der Waals surface area contributed by atoms with Crippen molar-refractivity contribution in [3.8, 4) is 0 Å². The minimum atomic E-state index is -3.50. The van der Waals surface area contributed by atoms with E-state index in [0.717, 1.165) is 20.7 Å². The first-order valence-electron chi connectivity index (χ1n) is 7.70. The molecule has 0 atom stereocenters. The molecule has 0 saturated carbocycles. The minimum absolute atomic E-state index is 0.187. The van der Waals surface area contributed by atoms with Crippen LogP contribution in [0, 0.1) is 5.82 Å². The van der Waals surface area contributed by atoms with Gasteiger partial charge in [0.15, 0.2) is 5.58 Å². The summed E-state index contributed by atoms with van der Waals surface area (Å²) in [6.07, 6.45) is 0. The molecule has 3 rings (SSSR count). The number of aromatic nitrogens is 1. The van der Waals surface area contributed by atoms with Gasteiger partial charge in [-0.1, -0.05) is 11.8 Å². The molecule has 0 aliphatic carbocycles. The number of fused-ring (bicyclic) bond motifs is 1. The maximum Gasteiger partial charge on any atom is 0.256 e. The Kier molecular flexibility index (Phi) is 5.91. The smallest absolute Gasteiger partial charge is 0.256 e. The molecular weight excluding hydrogens is 395 g/mol. The molecule has 0 amide bonds. The molecule has 2 aromatic carbocycles. The molecule has 0 unspecified atom stereocenters. The van der Waals surface area contributed by atoms with Crippen LogP contribution in [0.3, 0.4) is 0 Å². The summed E-state index contributed by atoms with van der Waals surface area (Å²) in [5, 5.41) is 0.499. The van der Waals surface area contributed by atoms with Crippen LogP contribution in [0.4, 0.5) is 4.39 Å². The second kappa shape index (κ2) is 7.99. The molecule has 138 valence electrons. The van der Waals surface area contributed by atoms with Gasteiger partial charge in [-0.05, 0) is 42.5 Å². The number of oxazole rings is 1. The molecule has 1 heterocycles. The summed E-state index contributed by atoms with van der Waals surface area (Å²) < 4.78 is 44.1. The highest BCUT2D eigenvalue weighted by Crippen LogP contribution is 2.27. The van der Waals surface area contributed by atoms with Crippen LogP contribution < -0.4 is 0 Å². The SMILES string of the molecule is CN(C)S(=O)(=O)c1ccc2oc(SCCSc3ccc(F)cc3)nc2c1. The molecule has 0 aliphatic heterocycles. The Morgan fingerprint density at radius 3 is 2.46 bits per heavy atom. The lowest BCUT2D eigenvalue weighted by molar-refractivity contribution is 0.489. The maximum absolute atomic E-state index is 12.9. The van der Waals surface area contributed by atoms with Gasteiger partial charge in [0.25, 0.3) is 5.22 Å². The van der Waals surface area contributed by atoms with Crippen LogP contribution in [0.5, 0.6) is 0 Å². The van der Waals surface area contributed by atoms with Crippen LogP contribution in [0.1, 0.15) is 0 Å². The van der Waals surface area contributed by atoms with Gasteiger partial charge >= 0.3 is 0 Å². The highest BCUT2D eigenvalue weighted by Gasteiger charge is 2.18. The van der Waals surface area contributed by atoms with E-state index in [9.17, 15) is 12.8 Å². The van der Waals surface area contributed by atoms with E-state index in [1.54, 1.807) is 30.0 Å². The summed E-state index contributed by atoms with van der Waals surface area (Å²) in [7, 11) is -0.522. The molecule has 0 spiro atoms. The van der Waals surface area contributed by atoms with Gasteiger partial charge in [0, 0.05) is 30.5 Å². The molecule has 0 bridgehead atoms. The van der Waals surface area contributed by atoms with Crippen molar-refractivity contribution in [3.05, 3.63) is 48.3 Å². The topological polar surface area (TPSA) is 63.4 Å². The fraction of sp³-hybridized carbons (Fsp3) is 0.235. The molecule has 1 aromatic heterocycles. The highest BCUT2D eigenvalue weighted by atomic mass is 32.2. The second-order valence-corrected chi connectivity index (χ2v) is 9.91. The first-order chi connectivity index (χ1) is 12.4. The van der Waals surface area contributed by atoms with Gasteiger partial charge in [-0.15, -0.1) is 11.8 Å². The van der Waals surface area contributed by atoms with Crippen LogP contribution in [-0.2, 0) is 10.0 Å². The second-order valence-electron chi connectivity index (χ2n) is 5.55. The van der Waals surface area contributed by atoms with Gasteiger partial charge in [-0.2, -0.15) is 0 Å². The summed E-state index contributed by atoms with van der Waals surface area (Å²) in [5.41, 5.74) is 1.07. The molecule has 3 aromatic rings. The molecule has 0 fully saturated rings. The fourth-order valence-electron chi connectivity index (χ4n) is 2.14. The van der Waals surface area contributed by atoms with E-state index in [4.69, 9.17) is 4.42 Å². The van der Waals surface area contributed by atoms with Crippen molar-refractivity contribution in [3.63, 3.8) is 0 Å². The van der Waals surface area contributed by atoms with Gasteiger partial charge in [0.05, 0.1) is 4.90 Å². The summed E-state index contributed by atoms with van der Waals surface area (Å²) in [4.78, 5) is 5.55. The number of sulfonamides is 1. The normalized spacial score (nSPS) is 12.2. The third-order valence-corrected chi connectivity index (χ3v) is 7.42. The molecule has 9 heteroatoms. The van der Waals surface area contributed by atoms with Gasteiger partial charge in [0.1, 0.15) is 11.3 Å². The van der Waals surface area contributed by atoms with Crippen molar-refractivity contribution >= 4 is 44.6 Å². The highest BCUT2D eigenvalue weighted by molar-refractivity contribution is 8.02. The predicted molar refractivity (Wildman–Crippen MR) is 103 cm³/mol. The monoisotopic (exact) mass is 412 g/mol. The molecule has 0 aliphatic rings. The number of halogens is 1. The Labute approximate surface area is 160 Å². The van der Waals surface area contributed by atoms with E-state index in [0.29, 0.717) is 16.3 Å². The lowest BCUT2D eigenvalue weighted by atomic mass is 10.3. The van der Waals surface area contributed by atoms with E-state index in [2.05, 4.69) is 4.98 Å². The number of nitrogens with zero attached hydrogens (tertiary/aromatic N) is 2. The van der Waals surface area contributed by atoms with E-state index in [-0.39, 0.29) is 10.7 Å². The largest absolute Gasteiger partial charge is 0.431 e. The lowest BCUT2D eigenvalue weighted by Crippen LogP contribution is -2.22. The first-order valence-corrected chi connectivity index (χ1v) is 11.1. The standard InChI is InChI=1S/C17H17FN2O3S3/c1-20(2)26(21,22)14-7-8-16-15(11-14)19-17(23-16)25-10-9-24-13-5-3-12(18)4-6-13/h3-8,11H,9-10H2,1-2H3. The first kappa shape index (κ1) is 19.2. The summed E-state index contributed by atoms with van der Waals surface area (Å²) in [6.45, 7) is 0. The Morgan fingerprint density at radius 2 is 1.77 bits per heavy atom. The lowest BCUT2D eigenvalue weighted by Gasteiger charge is -2.10. The molecule has 5 nitrogen and oxygen atoms in total. The molecular formula is C17H17FN2O3S3. The van der Waals surface area contributed by atoms with Crippen molar-refractivity contribution in [1.29, 1.82) is 0 Å². The van der Waals surface area contributed by atoms with Crippen molar-refractivity contribution in [2.75, 3.05) is 25.6 Å². The van der Waals surface area contributed by atoms with E-state index in [1.165, 1.54) is 50.1 Å². The number of thioether (sulfide) groups is 2. The third kappa shape index (κ3) is 4.40. The van der Waals surface area contributed by atoms with Crippen molar-refractivity contribution in [2.24, 2.45) is 0 Å². The number of hydrogen-bond donors (Lipinski definition) is 0. The van der Waals surface area contributed by atoms with Gasteiger partial charge in [-0.3, -0.25) is 0 Å². The molecule has 0 saturated heterocycles. The minimum Gasteiger partial charge on any atom is -0.431 e. The van der Waals surface area contributed by atoms with E-state index in [1.807, 2.05) is 0 Å². The third-order valence-electron chi connectivity index (χ3n) is 3.51. The quantitative estimate of drug-likeness (QED) is 0.430. The van der Waals surface area contributed by atoms with Gasteiger partial charge in [-0.25, -0.2) is 22.1 Å². The van der Waals surface area contributed by atoms with Crippen LogP contribution in [0.2, 0.25) is 0 Å². The number of benzene rings is 2. The van der Waals surface area contributed by atoms with Crippen molar-refractivity contribution in [1.82, 2.24) is 9.29 Å². The Balaban J connectivity index is 1.63. The van der Waals surface area contributed by atoms with Crippen molar-refractivity contribution in [2.45, 2.75) is 15.0 Å². The van der Waals surface area contributed by atoms with Crippen LogP contribution in [-0.4, -0.2) is 43.3 Å². The summed E-state index contributed by atoms with van der Waals surface area (Å²) in [5.74, 6) is 1.33. The van der Waals surface area contributed by atoms with Crippen LogP contribution in [0.25, 0.3) is 11.1 Å². The summed E-state index contributed by atoms with van der Waals surface area (Å²) in [6, 6.07) is 11.0. The van der Waals surface area contributed by atoms with Gasteiger partial charge < -0.3 is 4.42 Å². The zero-order valence-corrected chi connectivity index (χ0v) is 16.6. The average Bonchev–Trinajstić information content (AvgIpc) is 3.02. The Bertz CT molecular complexity index is 1000. The number of rotatable bonds is 7. The van der Waals surface area contributed by atoms with E-state index < -0.39 is 10.0 Å².